The van der Waals surface area contributed by atoms with Gasteiger partial charge in [-0.05, 0) is 25.0 Å². The number of carbonyl (C=O) groups is 1. The number of ether oxygens (including phenoxy) is 1. The zero-order valence-electron chi connectivity index (χ0n) is 15.0. The summed E-state index contributed by atoms with van der Waals surface area (Å²) >= 11 is 0. The van der Waals surface area contributed by atoms with E-state index in [9.17, 15) is 4.79 Å². The van der Waals surface area contributed by atoms with Crippen LogP contribution in [0.5, 0.6) is 0 Å². The molecule has 0 radical (unpaired) electrons. The van der Waals surface area contributed by atoms with Crippen LogP contribution >= 0.6 is 0 Å². The van der Waals surface area contributed by atoms with Gasteiger partial charge in [0.05, 0.1) is 18.4 Å². The van der Waals surface area contributed by atoms with E-state index < -0.39 is 11.8 Å². The highest BCUT2D eigenvalue weighted by Crippen LogP contribution is 2.38. The predicted molar refractivity (Wildman–Crippen MR) is 98.5 cm³/mol. The van der Waals surface area contributed by atoms with E-state index in [0.717, 1.165) is 16.8 Å². The van der Waals surface area contributed by atoms with Gasteiger partial charge in [-0.3, -0.25) is 4.79 Å². The molecular weight excluding hydrogens is 328 g/mol. The second-order valence-corrected chi connectivity index (χ2v) is 7.09. The third-order valence-electron chi connectivity index (χ3n) is 4.96. The lowest BCUT2D eigenvalue weighted by atomic mass is 10.0. The second-order valence-electron chi connectivity index (χ2n) is 7.09. The maximum absolute atomic E-state index is 13.3. The van der Waals surface area contributed by atoms with Gasteiger partial charge in [-0.15, -0.1) is 0 Å². The Balaban J connectivity index is 1.55. The zero-order chi connectivity index (χ0) is 18.1. The van der Waals surface area contributed by atoms with E-state index in [1.54, 1.807) is 4.90 Å². The molecule has 0 N–H and O–H groups in total. The van der Waals surface area contributed by atoms with Crippen LogP contribution < -0.4 is 0 Å². The van der Waals surface area contributed by atoms with Crippen molar-refractivity contribution in [1.82, 2.24) is 4.90 Å². The van der Waals surface area contributed by atoms with Crippen molar-refractivity contribution in [3.63, 3.8) is 0 Å². The molecule has 5 nitrogen and oxygen atoms in total. The highest BCUT2D eigenvalue weighted by atomic mass is 16.6. The lowest BCUT2D eigenvalue weighted by Gasteiger charge is -2.35. The van der Waals surface area contributed by atoms with E-state index in [2.05, 4.69) is 5.16 Å². The number of hydrogen-bond donors (Lipinski definition) is 0. The van der Waals surface area contributed by atoms with E-state index in [-0.39, 0.29) is 11.9 Å². The molecule has 0 saturated carbocycles. The van der Waals surface area contributed by atoms with Gasteiger partial charge in [0.1, 0.15) is 5.72 Å². The number of hydrogen-bond acceptors (Lipinski definition) is 4. The Morgan fingerprint density at radius 3 is 2.42 bits per heavy atom. The maximum atomic E-state index is 13.3. The summed E-state index contributed by atoms with van der Waals surface area (Å²) in [5.41, 5.74) is 2.17. The van der Waals surface area contributed by atoms with Crippen LogP contribution in [0.3, 0.4) is 0 Å². The first-order valence-electron chi connectivity index (χ1n) is 8.86. The first kappa shape index (κ1) is 16.8. The lowest BCUT2D eigenvalue weighted by Crippen LogP contribution is -2.49. The number of rotatable bonds is 3. The molecule has 5 heteroatoms. The molecule has 0 aromatic heterocycles. The van der Waals surface area contributed by atoms with Crippen molar-refractivity contribution in [3.05, 3.63) is 71.8 Å². The molecule has 0 spiro atoms. The Kier molecular flexibility index (Phi) is 4.24. The van der Waals surface area contributed by atoms with Crippen LogP contribution in [-0.2, 0) is 14.4 Å². The molecule has 2 heterocycles. The van der Waals surface area contributed by atoms with Gasteiger partial charge in [0.15, 0.2) is 0 Å². The smallest absolute Gasteiger partial charge is 0.269 e. The SMILES string of the molecule is CC1(C)OC[C@@H](c2ccccc2)N1C(=O)[C@H]1CC(c2ccccc2)=NO1. The minimum absolute atomic E-state index is 0.0870. The van der Waals surface area contributed by atoms with Crippen molar-refractivity contribution in [1.29, 1.82) is 0 Å². The fraction of sp³-hybridized carbons (Fsp3) is 0.333. The molecule has 0 aliphatic carbocycles. The number of amides is 1. The predicted octanol–water partition coefficient (Wildman–Crippen LogP) is 3.52. The summed E-state index contributed by atoms with van der Waals surface area (Å²) in [4.78, 5) is 20.6. The number of oxime groups is 1. The quantitative estimate of drug-likeness (QED) is 0.851. The Bertz CT molecular complexity index is 818. The van der Waals surface area contributed by atoms with Crippen LogP contribution in [0.4, 0.5) is 0 Å². The van der Waals surface area contributed by atoms with E-state index in [0.29, 0.717) is 13.0 Å². The lowest BCUT2D eigenvalue weighted by molar-refractivity contribution is -0.157. The second kappa shape index (κ2) is 6.57. The van der Waals surface area contributed by atoms with Crippen molar-refractivity contribution in [2.24, 2.45) is 5.16 Å². The van der Waals surface area contributed by atoms with Crippen molar-refractivity contribution in [2.75, 3.05) is 6.61 Å². The van der Waals surface area contributed by atoms with Gasteiger partial charge in [0.2, 0.25) is 6.10 Å². The van der Waals surface area contributed by atoms with Crippen LogP contribution in [0.25, 0.3) is 0 Å². The van der Waals surface area contributed by atoms with Gasteiger partial charge in [-0.1, -0.05) is 65.8 Å². The summed E-state index contributed by atoms with van der Waals surface area (Å²) in [5, 5.41) is 4.15. The summed E-state index contributed by atoms with van der Waals surface area (Å²) in [6.45, 7) is 4.31. The summed E-state index contributed by atoms with van der Waals surface area (Å²) in [6, 6.07) is 19.7. The van der Waals surface area contributed by atoms with E-state index in [1.807, 2.05) is 74.5 Å². The molecule has 2 aromatic rings. The zero-order valence-corrected chi connectivity index (χ0v) is 15.0. The minimum Gasteiger partial charge on any atom is -0.382 e. The normalized spacial score (nSPS) is 24.2. The maximum Gasteiger partial charge on any atom is 0.269 e. The van der Waals surface area contributed by atoms with Gasteiger partial charge in [-0.25, -0.2) is 0 Å². The molecule has 2 aliphatic heterocycles. The molecule has 134 valence electrons. The van der Waals surface area contributed by atoms with Gasteiger partial charge in [0.25, 0.3) is 5.91 Å². The Hall–Kier alpha value is -2.66. The van der Waals surface area contributed by atoms with E-state index in [1.165, 1.54) is 0 Å². The molecule has 1 fully saturated rings. The monoisotopic (exact) mass is 350 g/mol. The Morgan fingerprint density at radius 1 is 1.08 bits per heavy atom. The molecule has 1 saturated heterocycles. The molecule has 2 atom stereocenters. The average Bonchev–Trinajstić information content (AvgIpc) is 3.27. The highest BCUT2D eigenvalue weighted by Gasteiger charge is 2.48. The molecule has 2 aromatic carbocycles. The van der Waals surface area contributed by atoms with E-state index >= 15 is 0 Å². The average molecular weight is 350 g/mol. The Morgan fingerprint density at radius 2 is 1.73 bits per heavy atom. The molecule has 2 aliphatic rings. The van der Waals surface area contributed by atoms with Crippen LogP contribution in [0.15, 0.2) is 65.8 Å². The highest BCUT2D eigenvalue weighted by molar-refractivity contribution is 6.04. The fourth-order valence-corrected chi connectivity index (χ4v) is 3.61. The van der Waals surface area contributed by atoms with Crippen molar-refractivity contribution in [2.45, 2.75) is 38.1 Å². The molecule has 26 heavy (non-hydrogen) atoms. The van der Waals surface area contributed by atoms with Crippen LogP contribution in [0.2, 0.25) is 0 Å². The summed E-state index contributed by atoms with van der Waals surface area (Å²) in [5.74, 6) is -0.0870. The summed E-state index contributed by atoms with van der Waals surface area (Å²) in [6.07, 6.45) is -0.144. The Labute approximate surface area is 153 Å². The summed E-state index contributed by atoms with van der Waals surface area (Å²) < 4.78 is 5.92. The van der Waals surface area contributed by atoms with Gasteiger partial charge < -0.3 is 14.5 Å². The summed E-state index contributed by atoms with van der Waals surface area (Å²) in [7, 11) is 0. The van der Waals surface area contributed by atoms with Gasteiger partial charge in [0, 0.05) is 6.42 Å². The molecule has 1 amide bonds. The third-order valence-corrected chi connectivity index (χ3v) is 4.96. The van der Waals surface area contributed by atoms with Crippen molar-refractivity contribution >= 4 is 11.6 Å². The molecule has 0 unspecified atom stereocenters. The van der Waals surface area contributed by atoms with Gasteiger partial charge >= 0.3 is 0 Å². The number of nitrogens with zero attached hydrogens (tertiary/aromatic N) is 2. The largest absolute Gasteiger partial charge is 0.382 e. The van der Waals surface area contributed by atoms with Crippen LogP contribution in [0.1, 0.15) is 37.4 Å². The van der Waals surface area contributed by atoms with E-state index in [4.69, 9.17) is 9.57 Å². The minimum atomic E-state index is -0.684. The fourth-order valence-electron chi connectivity index (χ4n) is 3.61. The van der Waals surface area contributed by atoms with Crippen molar-refractivity contribution in [3.8, 4) is 0 Å². The topological polar surface area (TPSA) is 51.1 Å². The van der Waals surface area contributed by atoms with Crippen LogP contribution in [-0.4, -0.2) is 35.0 Å². The standard InChI is InChI=1S/C21H22N2O3/c1-21(2)23(18(14-25-21)16-11-7-4-8-12-16)20(24)19-13-17(22-26-19)15-9-5-3-6-10-15/h3-12,18-19H,13-14H2,1-2H3/t18-,19+/m0/s1. The van der Waals surface area contributed by atoms with Crippen molar-refractivity contribution < 1.29 is 14.4 Å². The van der Waals surface area contributed by atoms with Gasteiger partial charge in [-0.2, -0.15) is 0 Å². The molecule has 0 bridgehead atoms. The number of carbonyl (C=O) groups excluding carboxylic acids is 1. The molecule has 4 rings (SSSR count). The third kappa shape index (κ3) is 2.99. The first-order valence-corrected chi connectivity index (χ1v) is 8.86. The number of benzene rings is 2. The molecular formula is C21H22N2O3. The first-order chi connectivity index (χ1) is 12.6. The van der Waals surface area contributed by atoms with Crippen LogP contribution in [0, 0.1) is 0 Å².